The molecule has 0 aliphatic heterocycles. The molecule has 2 N–H and O–H groups in total. The minimum absolute atomic E-state index is 0.0636. The predicted molar refractivity (Wildman–Crippen MR) is 85.1 cm³/mol. The number of thiophene rings is 1. The molecule has 0 bridgehead atoms. The van der Waals surface area contributed by atoms with Gasteiger partial charge in [0.15, 0.2) is 0 Å². The topological polar surface area (TPSA) is 61.0 Å². The van der Waals surface area contributed by atoms with Crippen molar-refractivity contribution in [3.05, 3.63) is 29.3 Å². The first-order valence-electron chi connectivity index (χ1n) is 6.26. The number of hydrogen-bond donors (Lipinski definition) is 2. The van der Waals surface area contributed by atoms with E-state index in [-0.39, 0.29) is 6.03 Å². The minimum atomic E-state index is -0.0636. The van der Waals surface area contributed by atoms with Crippen LogP contribution >= 0.6 is 23.1 Å². The summed E-state index contributed by atoms with van der Waals surface area (Å²) in [6.45, 7) is 1.21. The zero-order chi connectivity index (χ0) is 14.4. The Morgan fingerprint density at radius 3 is 3.15 bits per heavy atom. The normalized spacial score (nSPS) is 10.5. The number of carbonyl (C=O) groups excluding carboxylic acids is 1. The van der Waals surface area contributed by atoms with Crippen LogP contribution in [-0.2, 0) is 6.54 Å². The lowest BCUT2D eigenvalue weighted by molar-refractivity contribution is 0.207. The molecule has 0 unspecified atom stereocenters. The fourth-order valence-corrected chi connectivity index (χ4v) is 2.71. The van der Waals surface area contributed by atoms with Gasteiger partial charge < -0.3 is 10.2 Å². The predicted octanol–water partition coefficient (Wildman–Crippen LogP) is 2.64. The summed E-state index contributed by atoms with van der Waals surface area (Å²) in [4.78, 5) is 14.6. The smallest absolute Gasteiger partial charge is 0.317 e. The number of amides is 2. The van der Waals surface area contributed by atoms with Gasteiger partial charge in [-0.1, -0.05) is 6.07 Å². The quantitative estimate of drug-likeness (QED) is 0.806. The highest BCUT2D eigenvalue weighted by molar-refractivity contribution is 7.98. The SMILES string of the molecule is CSCCNC(=O)N(C)Cc1cc(-c2cccs2)n[nH]1. The van der Waals surface area contributed by atoms with Crippen LogP contribution in [0.3, 0.4) is 0 Å². The van der Waals surface area contributed by atoms with Gasteiger partial charge in [-0.15, -0.1) is 11.3 Å². The van der Waals surface area contributed by atoms with Crippen molar-refractivity contribution in [1.82, 2.24) is 20.4 Å². The van der Waals surface area contributed by atoms with Crippen molar-refractivity contribution in [2.75, 3.05) is 25.6 Å². The Balaban J connectivity index is 1.88. The summed E-state index contributed by atoms with van der Waals surface area (Å²) in [5.74, 6) is 0.923. The zero-order valence-corrected chi connectivity index (χ0v) is 13.2. The van der Waals surface area contributed by atoms with Crippen molar-refractivity contribution < 1.29 is 4.79 Å². The molecule has 2 heterocycles. The first-order chi connectivity index (χ1) is 9.70. The number of rotatable bonds is 6. The minimum Gasteiger partial charge on any atom is -0.337 e. The molecule has 5 nitrogen and oxygen atoms in total. The Labute approximate surface area is 126 Å². The molecule has 2 aromatic heterocycles. The molecular formula is C13H18N4OS2. The molecule has 0 aliphatic carbocycles. The number of aromatic amines is 1. The van der Waals surface area contributed by atoms with Crippen molar-refractivity contribution in [2.24, 2.45) is 0 Å². The van der Waals surface area contributed by atoms with Crippen molar-refractivity contribution >= 4 is 29.1 Å². The van der Waals surface area contributed by atoms with Gasteiger partial charge in [0, 0.05) is 19.3 Å². The van der Waals surface area contributed by atoms with Crippen LogP contribution < -0.4 is 5.32 Å². The van der Waals surface area contributed by atoms with Gasteiger partial charge in [-0.05, 0) is 23.8 Å². The summed E-state index contributed by atoms with van der Waals surface area (Å²) < 4.78 is 0. The second-order valence-electron chi connectivity index (χ2n) is 4.34. The second kappa shape index (κ2) is 7.35. The van der Waals surface area contributed by atoms with E-state index >= 15 is 0 Å². The molecule has 0 aliphatic rings. The van der Waals surface area contributed by atoms with Crippen LogP contribution in [0, 0.1) is 0 Å². The monoisotopic (exact) mass is 310 g/mol. The molecule has 2 aromatic rings. The van der Waals surface area contributed by atoms with E-state index in [1.165, 1.54) is 0 Å². The number of hydrogen-bond acceptors (Lipinski definition) is 4. The maximum atomic E-state index is 11.8. The molecule has 0 radical (unpaired) electrons. The Bertz CT molecular complexity index is 538. The molecule has 0 saturated heterocycles. The third-order valence-electron chi connectivity index (χ3n) is 2.74. The van der Waals surface area contributed by atoms with E-state index in [1.807, 2.05) is 29.8 Å². The molecule has 108 valence electrons. The summed E-state index contributed by atoms with van der Waals surface area (Å²) in [6, 6.07) is 5.95. The summed E-state index contributed by atoms with van der Waals surface area (Å²) >= 11 is 3.36. The highest BCUT2D eigenvalue weighted by Crippen LogP contribution is 2.23. The number of aromatic nitrogens is 2. The van der Waals surface area contributed by atoms with E-state index in [4.69, 9.17) is 0 Å². The molecule has 2 rings (SSSR count). The van der Waals surface area contributed by atoms with E-state index in [2.05, 4.69) is 15.5 Å². The largest absolute Gasteiger partial charge is 0.337 e. The molecule has 0 spiro atoms. The highest BCUT2D eigenvalue weighted by atomic mass is 32.2. The van der Waals surface area contributed by atoms with Crippen LogP contribution in [0.5, 0.6) is 0 Å². The van der Waals surface area contributed by atoms with Crippen LogP contribution in [0.4, 0.5) is 4.79 Å². The van der Waals surface area contributed by atoms with Crippen LogP contribution in [0.1, 0.15) is 5.69 Å². The Hall–Kier alpha value is -1.47. The highest BCUT2D eigenvalue weighted by Gasteiger charge is 2.11. The Morgan fingerprint density at radius 2 is 2.45 bits per heavy atom. The number of urea groups is 1. The maximum absolute atomic E-state index is 11.8. The zero-order valence-electron chi connectivity index (χ0n) is 11.5. The van der Waals surface area contributed by atoms with Gasteiger partial charge in [-0.3, -0.25) is 5.10 Å². The standard InChI is InChI=1S/C13H18N4OS2/c1-17(13(18)14-5-7-19-2)9-10-8-11(16-15-10)12-4-3-6-20-12/h3-4,6,8H,5,7,9H2,1-2H3,(H,14,18)(H,15,16). The Morgan fingerprint density at radius 1 is 1.60 bits per heavy atom. The summed E-state index contributed by atoms with van der Waals surface area (Å²) in [7, 11) is 1.78. The maximum Gasteiger partial charge on any atom is 0.317 e. The van der Waals surface area contributed by atoms with Crippen LogP contribution in [-0.4, -0.2) is 46.7 Å². The van der Waals surface area contributed by atoms with Crippen molar-refractivity contribution in [3.63, 3.8) is 0 Å². The molecule has 0 fully saturated rings. The van der Waals surface area contributed by atoms with E-state index in [9.17, 15) is 4.79 Å². The van der Waals surface area contributed by atoms with Crippen LogP contribution in [0.2, 0.25) is 0 Å². The molecule has 7 heteroatoms. The number of thioether (sulfide) groups is 1. The lowest BCUT2D eigenvalue weighted by Crippen LogP contribution is -2.37. The summed E-state index contributed by atoms with van der Waals surface area (Å²) in [5.41, 5.74) is 1.85. The molecule has 0 aromatic carbocycles. The molecule has 20 heavy (non-hydrogen) atoms. The molecule has 0 atom stereocenters. The van der Waals surface area contributed by atoms with Crippen molar-refractivity contribution in [1.29, 1.82) is 0 Å². The van der Waals surface area contributed by atoms with Gasteiger partial charge in [-0.2, -0.15) is 16.9 Å². The van der Waals surface area contributed by atoms with E-state index < -0.39 is 0 Å². The fraction of sp³-hybridized carbons (Fsp3) is 0.385. The molecule has 2 amide bonds. The van der Waals surface area contributed by atoms with Gasteiger partial charge >= 0.3 is 6.03 Å². The van der Waals surface area contributed by atoms with Gasteiger partial charge in [0.05, 0.1) is 17.1 Å². The third kappa shape index (κ3) is 4.01. The summed E-state index contributed by atoms with van der Waals surface area (Å²) in [5, 5.41) is 12.1. The lowest BCUT2D eigenvalue weighted by atomic mass is 10.3. The van der Waals surface area contributed by atoms with Gasteiger partial charge in [0.25, 0.3) is 0 Å². The molecular weight excluding hydrogens is 292 g/mol. The average Bonchev–Trinajstić information content (AvgIpc) is 3.08. The van der Waals surface area contributed by atoms with Crippen LogP contribution in [0.15, 0.2) is 23.6 Å². The lowest BCUT2D eigenvalue weighted by Gasteiger charge is -2.16. The fourth-order valence-electron chi connectivity index (χ4n) is 1.72. The van der Waals surface area contributed by atoms with Crippen molar-refractivity contribution in [2.45, 2.75) is 6.54 Å². The van der Waals surface area contributed by atoms with Gasteiger partial charge in [-0.25, -0.2) is 4.79 Å². The number of H-pyrrole nitrogens is 1. The second-order valence-corrected chi connectivity index (χ2v) is 6.27. The van der Waals surface area contributed by atoms with E-state index in [0.29, 0.717) is 13.1 Å². The first kappa shape index (κ1) is 14.9. The molecule has 0 saturated carbocycles. The number of nitrogens with zero attached hydrogens (tertiary/aromatic N) is 2. The number of carbonyl (C=O) groups is 1. The van der Waals surface area contributed by atoms with Crippen LogP contribution in [0.25, 0.3) is 10.6 Å². The van der Waals surface area contributed by atoms with Crippen molar-refractivity contribution in [3.8, 4) is 10.6 Å². The van der Waals surface area contributed by atoms with Gasteiger partial charge in [0.1, 0.15) is 5.69 Å². The van der Waals surface area contributed by atoms with E-state index in [1.54, 1.807) is 35.0 Å². The van der Waals surface area contributed by atoms with Gasteiger partial charge in [0.2, 0.25) is 0 Å². The summed E-state index contributed by atoms with van der Waals surface area (Å²) in [6.07, 6.45) is 2.02. The third-order valence-corrected chi connectivity index (χ3v) is 4.25. The number of nitrogens with one attached hydrogen (secondary N) is 2. The average molecular weight is 310 g/mol. The first-order valence-corrected chi connectivity index (χ1v) is 8.54. The van der Waals surface area contributed by atoms with E-state index in [0.717, 1.165) is 22.0 Å². The Kier molecular flexibility index (Phi) is 5.49.